The number of benzene rings is 2. The van der Waals surface area contributed by atoms with Crippen LogP contribution in [0.15, 0.2) is 54.6 Å². The normalized spacial score (nSPS) is 10.3. The van der Waals surface area contributed by atoms with E-state index in [0.29, 0.717) is 6.54 Å². The van der Waals surface area contributed by atoms with Gasteiger partial charge in [-0.2, -0.15) is 0 Å². The first-order valence-corrected chi connectivity index (χ1v) is 6.24. The fraction of sp³-hybridized carbons (Fsp3) is 0.200. The third-order valence-electron chi connectivity index (χ3n) is 2.88. The second kappa shape index (κ2) is 6.66. The molecule has 0 amide bonds. The average molecular weight is 256 g/mol. The molecule has 0 saturated carbocycles. The lowest BCUT2D eigenvalue weighted by Gasteiger charge is -2.05. The third kappa shape index (κ3) is 4.19. The van der Waals surface area contributed by atoms with E-state index in [1.165, 1.54) is 11.6 Å². The maximum atomic E-state index is 10.7. The molecule has 19 heavy (non-hydrogen) atoms. The van der Waals surface area contributed by atoms with Crippen molar-refractivity contribution in [3.05, 3.63) is 75.8 Å². The van der Waals surface area contributed by atoms with Gasteiger partial charge in [-0.3, -0.25) is 10.1 Å². The Hall–Kier alpha value is -2.20. The zero-order valence-electron chi connectivity index (χ0n) is 10.6. The molecule has 0 aliphatic rings. The summed E-state index contributed by atoms with van der Waals surface area (Å²) in [4.78, 5) is 10.3. The molecular formula is C15H16N2O2. The minimum absolute atomic E-state index is 0.141. The number of hydrogen-bond acceptors (Lipinski definition) is 3. The monoisotopic (exact) mass is 256 g/mol. The highest BCUT2D eigenvalue weighted by molar-refractivity contribution is 5.34. The third-order valence-corrected chi connectivity index (χ3v) is 2.88. The van der Waals surface area contributed by atoms with Gasteiger partial charge in [0.05, 0.1) is 4.92 Å². The molecule has 4 heteroatoms. The van der Waals surface area contributed by atoms with Gasteiger partial charge >= 0.3 is 0 Å². The van der Waals surface area contributed by atoms with Gasteiger partial charge in [-0.15, -0.1) is 0 Å². The van der Waals surface area contributed by atoms with Crippen LogP contribution in [0, 0.1) is 10.1 Å². The molecule has 98 valence electrons. The maximum Gasteiger partial charge on any atom is 0.269 e. The first-order valence-electron chi connectivity index (χ1n) is 6.24. The maximum absolute atomic E-state index is 10.7. The molecule has 4 nitrogen and oxygen atoms in total. The quantitative estimate of drug-likeness (QED) is 0.491. The van der Waals surface area contributed by atoms with Crippen molar-refractivity contribution in [3.63, 3.8) is 0 Å². The van der Waals surface area contributed by atoms with Gasteiger partial charge in [-0.1, -0.05) is 42.5 Å². The Morgan fingerprint density at radius 1 is 1.00 bits per heavy atom. The highest BCUT2D eigenvalue weighted by atomic mass is 16.6. The second-order valence-electron chi connectivity index (χ2n) is 4.34. The summed E-state index contributed by atoms with van der Waals surface area (Å²) < 4.78 is 0. The van der Waals surface area contributed by atoms with Gasteiger partial charge in [0.15, 0.2) is 0 Å². The summed E-state index contributed by atoms with van der Waals surface area (Å²) in [6.45, 7) is 1.50. The van der Waals surface area contributed by atoms with E-state index in [4.69, 9.17) is 0 Å². The number of hydrogen-bond donors (Lipinski definition) is 1. The van der Waals surface area contributed by atoms with Crippen LogP contribution in [0.2, 0.25) is 0 Å². The standard InChI is InChI=1S/C15H16N2O2/c18-17(19)15-8-4-7-14(11-15)12-16-10-9-13-5-2-1-3-6-13/h1-8,11,16H,9-10,12H2. The van der Waals surface area contributed by atoms with Crippen molar-refractivity contribution >= 4 is 5.69 Å². The van der Waals surface area contributed by atoms with Crippen LogP contribution in [0.4, 0.5) is 5.69 Å². The lowest BCUT2D eigenvalue weighted by Crippen LogP contribution is -2.16. The van der Waals surface area contributed by atoms with Crippen molar-refractivity contribution in [1.82, 2.24) is 5.32 Å². The van der Waals surface area contributed by atoms with E-state index in [-0.39, 0.29) is 10.6 Å². The van der Waals surface area contributed by atoms with Crippen LogP contribution in [0.3, 0.4) is 0 Å². The molecule has 0 heterocycles. The van der Waals surface area contributed by atoms with E-state index in [1.807, 2.05) is 24.3 Å². The minimum Gasteiger partial charge on any atom is -0.312 e. The number of nitrogens with one attached hydrogen (secondary N) is 1. The first kappa shape index (κ1) is 13.2. The van der Waals surface area contributed by atoms with Gasteiger partial charge < -0.3 is 5.32 Å². The largest absolute Gasteiger partial charge is 0.312 e. The van der Waals surface area contributed by atoms with E-state index in [1.54, 1.807) is 12.1 Å². The Kier molecular flexibility index (Phi) is 4.64. The number of nitro groups is 1. The molecular weight excluding hydrogens is 240 g/mol. The number of nitro benzene ring substituents is 1. The predicted octanol–water partition coefficient (Wildman–Crippen LogP) is 2.93. The highest BCUT2D eigenvalue weighted by Crippen LogP contribution is 2.12. The fourth-order valence-corrected chi connectivity index (χ4v) is 1.89. The lowest BCUT2D eigenvalue weighted by atomic mass is 10.1. The van der Waals surface area contributed by atoms with Crippen molar-refractivity contribution in [3.8, 4) is 0 Å². The van der Waals surface area contributed by atoms with Crippen LogP contribution in [0.1, 0.15) is 11.1 Å². The zero-order valence-corrected chi connectivity index (χ0v) is 10.6. The summed E-state index contributed by atoms with van der Waals surface area (Å²) in [5.74, 6) is 0. The predicted molar refractivity (Wildman–Crippen MR) is 74.9 cm³/mol. The number of rotatable bonds is 6. The Labute approximate surface area is 112 Å². The van der Waals surface area contributed by atoms with Crippen LogP contribution >= 0.6 is 0 Å². The second-order valence-corrected chi connectivity index (χ2v) is 4.34. The van der Waals surface area contributed by atoms with Gasteiger partial charge in [0.1, 0.15) is 0 Å². The molecule has 2 aromatic rings. The summed E-state index contributed by atoms with van der Waals surface area (Å²) in [7, 11) is 0. The molecule has 0 saturated heterocycles. The summed E-state index contributed by atoms with van der Waals surface area (Å²) >= 11 is 0. The Morgan fingerprint density at radius 2 is 1.74 bits per heavy atom. The molecule has 0 aliphatic heterocycles. The molecule has 0 spiro atoms. The number of non-ortho nitro benzene ring substituents is 1. The van der Waals surface area contributed by atoms with Gasteiger partial charge in [0.2, 0.25) is 0 Å². The van der Waals surface area contributed by atoms with Gasteiger partial charge in [-0.05, 0) is 24.1 Å². The van der Waals surface area contributed by atoms with E-state index in [9.17, 15) is 10.1 Å². The summed E-state index contributed by atoms with van der Waals surface area (Å²) in [6.07, 6.45) is 0.954. The van der Waals surface area contributed by atoms with E-state index < -0.39 is 0 Å². The summed E-state index contributed by atoms with van der Waals surface area (Å²) in [5, 5.41) is 13.9. The zero-order chi connectivity index (χ0) is 13.5. The van der Waals surface area contributed by atoms with Crippen molar-refractivity contribution in [2.24, 2.45) is 0 Å². The summed E-state index contributed by atoms with van der Waals surface area (Å²) in [5.41, 5.74) is 2.36. The van der Waals surface area contributed by atoms with Crippen LogP contribution in [-0.2, 0) is 13.0 Å². The van der Waals surface area contributed by atoms with Crippen molar-refractivity contribution < 1.29 is 4.92 Å². The van der Waals surface area contributed by atoms with Crippen LogP contribution < -0.4 is 5.32 Å². The van der Waals surface area contributed by atoms with E-state index in [0.717, 1.165) is 18.5 Å². The molecule has 0 atom stereocenters. The van der Waals surface area contributed by atoms with E-state index >= 15 is 0 Å². The molecule has 2 rings (SSSR count). The minimum atomic E-state index is -0.368. The lowest BCUT2D eigenvalue weighted by molar-refractivity contribution is -0.384. The van der Waals surface area contributed by atoms with E-state index in [2.05, 4.69) is 17.4 Å². The topological polar surface area (TPSA) is 55.2 Å². The molecule has 0 unspecified atom stereocenters. The fourth-order valence-electron chi connectivity index (χ4n) is 1.89. The van der Waals surface area contributed by atoms with Crippen molar-refractivity contribution in [2.45, 2.75) is 13.0 Å². The van der Waals surface area contributed by atoms with Crippen LogP contribution in [0.25, 0.3) is 0 Å². The van der Waals surface area contributed by atoms with Gasteiger partial charge in [-0.25, -0.2) is 0 Å². The van der Waals surface area contributed by atoms with Gasteiger partial charge in [0.25, 0.3) is 5.69 Å². The Morgan fingerprint density at radius 3 is 2.47 bits per heavy atom. The molecule has 1 N–H and O–H groups in total. The molecule has 0 bridgehead atoms. The number of nitrogens with zero attached hydrogens (tertiary/aromatic N) is 1. The Balaban J connectivity index is 1.80. The molecule has 0 fully saturated rings. The van der Waals surface area contributed by atoms with Crippen LogP contribution in [0.5, 0.6) is 0 Å². The van der Waals surface area contributed by atoms with Crippen LogP contribution in [-0.4, -0.2) is 11.5 Å². The van der Waals surface area contributed by atoms with Gasteiger partial charge in [0, 0.05) is 18.7 Å². The SMILES string of the molecule is O=[N+]([O-])c1cccc(CNCCc2ccccc2)c1. The molecule has 0 aromatic heterocycles. The van der Waals surface area contributed by atoms with Crippen molar-refractivity contribution in [2.75, 3.05) is 6.54 Å². The first-order chi connectivity index (χ1) is 9.25. The molecule has 0 aliphatic carbocycles. The molecule has 0 radical (unpaired) electrons. The van der Waals surface area contributed by atoms with Crippen molar-refractivity contribution in [1.29, 1.82) is 0 Å². The Bertz CT molecular complexity index is 541. The highest BCUT2D eigenvalue weighted by Gasteiger charge is 2.04. The smallest absolute Gasteiger partial charge is 0.269 e. The molecule has 2 aromatic carbocycles. The summed E-state index contributed by atoms with van der Waals surface area (Å²) in [6, 6.07) is 17.0. The average Bonchev–Trinajstić information content (AvgIpc) is 2.45.